The average Bonchev–Trinajstić information content (AvgIpc) is 2.22. The number of rotatable bonds is 1. The molecular weight excluding hydrogens is 290 g/mol. The Morgan fingerprint density at radius 1 is 1.29 bits per heavy atom. The highest BCUT2D eigenvalue weighted by Gasteiger charge is 2.54. The van der Waals surface area contributed by atoms with E-state index in [0.717, 1.165) is 31.9 Å². The van der Waals surface area contributed by atoms with Gasteiger partial charge in [0.15, 0.2) is 0 Å². The second-order valence-corrected chi connectivity index (χ2v) is 7.49. The summed E-state index contributed by atoms with van der Waals surface area (Å²) in [5.74, 6) is 0. The van der Waals surface area contributed by atoms with Gasteiger partial charge in [-0.15, -0.1) is 0 Å². The van der Waals surface area contributed by atoms with Crippen molar-refractivity contribution in [3.8, 4) is 0 Å². The van der Waals surface area contributed by atoms with Gasteiger partial charge in [0.05, 0.1) is 16.9 Å². The van der Waals surface area contributed by atoms with Crippen LogP contribution in [0.15, 0.2) is 18.5 Å². The summed E-state index contributed by atoms with van der Waals surface area (Å²) in [4.78, 5) is 20.0. The Kier molecular flexibility index (Phi) is 3.28. The van der Waals surface area contributed by atoms with Crippen LogP contribution >= 0.6 is 11.6 Å². The van der Waals surface area contributed by atoms with E-state index in [1.807, 2.05) is 33.0 Å². The van der Waals surface area contributed by atoms with Crippen molar-refractivity contribution < 1.29 is 9.53 Å². The summed E-state index contributed by atoms with van der Waals surface area (Å²) in [6, 6.07) is 1.92. The van der Waals surface area contributed by atoms with Crippen molar-refractivity contribution in [1.29, 1.82) is 0 Å². The predicted octanol–water partition coefficient (Wildman–Crippen LogP) is 2.79. The summed E-state index contributed by atoms with van der Waals surface area (Å²) in [5, 5.41) is 0.650. The maximum Gasteiger partial charge on any atom is 0.410 e. The second-order valence-electron chi connectivity index (χ2n) is 7.05. The van der Waals surface area contributed by atoms with Gasteiger partial charge in [-0.05, 0) is 26.8 Å². The van der Waals surface area contributed by atoms with Gasteiger partial charge in [0.1, 0.15) is 5.60 Å². The molecule has 0 radical (unpaired) electrons. The number of amides is 1. The van der Waals surface area contributed by atoms with Gasteiger partial charge in [0, 0.05) is 37.8 Å². The van der Waals surface area contributed by atoms with E-state index >= 15 is 0 Å². The molecule has 1 spiro atoms. The zero-order valence-electron chi connectivity index (χ0n) is 12.6. The molecule has 2 aliphatic heterocycles. The zero-order valence-corrected chi connectivity index (χ0v) is 13.4. The smallest absolute Gasteiger partial charge is 0.410 e. The van der Waals surface area contributed by atoms with Crippen LogP contribution in [0.4, 0.5) is 10.5 Å². The van der Waals surface area contributed by atoms with Crippen LogP contribution in [-0.4, -0.2) is 47.8 Å². The van der Waals surface area contributed by atoms with E-state index in [9.17, 15) is 4.79 Å². The molecule has 0 aromatic carbocycles. The molecule has 3 rings (SSSR count). The van der Waals surface area contributed by atoms with Crippen molar-refractivity contribution in [2.24, 2.45) is 5.41 Å². The van der Waals surface area contributed by atoms with E-state index in [4.69, 9.17) is 16.3 Å². The van der Waals surface area contributed by atoms with Gasteiger partial charge in [-0.2, -0.15) is 0 Å². The van der Waals surface area contributed by atoms with Crippen LogP contribution in [0, 0.1) is 5.41 Å². The van der Waals surface area contributed by atoms with Crippen LogP contribution in [-0.2, 0) is 4.74 Å². The molecule has 2 fully saturated rings. The van der Waals surface area contributed by atoms with Gasteiger partial charge in [-0.1, -0.05) is 11.6 Å². The largest absolute Gasteiger partial charge is 0.444 e. The molecule has 3 heterocycles. The van der Waals surface area contributed by atoms with Crippen LogP contribution < -0.4 is 4.90 Å². The van der Waals surface area contributed by atoms with Crippen LogP contribution in [0.5, 0.6) is 0 Å². The van der Waals surface area contributed by atoms with Crippen molar-refractivity contribution in [2.75, 3.05) is 31.1 Å². The number of hydrogen-bond donors (Lipinski definition) is 0. The first kappa shape index (κ1) is 14.4. The molecule has 0 unspecified atom stereocenters. The zero-order chi connectivity index (χ0) is 15.3. The first-order valence-corrected chi connectivity index (χ1v) is 7.48. The van der Waals surface area contributed by atoms with Crippen molar-refractivity contribution in [1.82, 2.24) is 9.88 Å². The topological polar surface area (TPSA) is 45.7 Å². The van der Waals surface area contributed by atoms with Crippen molar-refractivity contribution in [3.63, 3.8) is 0 Å². The van der Waals surface area contributed by atoms with Gasteiger partial charge in [-0.25, -0.2) is 4.79 Å². The Bertz CT molecular complexity index is 556. The Balaban J connectivity index is 1.51. The number of ether oxygens (including phenoxy) is 1. The molecule has 2 aliphatic rings. The normalized spacial score (nSPS) is 20.0. The molecular formula is C15H20ClN3O2. The number of hydrogen-bond acceptors (Lipinski definition) is 4. The summed E-state index contributed by atoms with van der Waals surface area (Å²) >= 11 is 5.96. The minimum atomic E-state index is -0.433. The number of halogens is 1. The molecule has 5 nitrogen and oxygen atoms in total. The Hall–Kier alpha value is -1.49. The van der Waals surface area contributed by atoms with E-state index in [1.54, 1.807) is 11.1 Å². The maximum atomic E-state index is 11.9. The number of anilines is 1. The fourth-order valence-corrected chi connectivity index (χ4v) is 3.11. The number of nitrogens with zero attached hydrogens (tertiary/aromatic N) is 3. The number of likely N-dealkylation sites (tertiary alicyclic amines) is 1. The minimum Gasteiger partial charge on any atom is -0.444 e. The highest BCUT2D eigenvalue weighted by atomic mass is 35.5. The lowest BCUT2D eigenvalue weighted by Crippen LogP contribution is -2.73. The molecule has 0 saturated carbocycles. The summed E-state index contributed by atoms with van der Waals surface area (Å²) in [6.07, 6.45) is 3.24. The molecule has 2 saturated heterocycles. The van der Waals surface area contributed by atoms with Gasteiger partial charge in [-0.3, -0.25) is 4.98 Å². The Labute approximate surface area is 129 Å². The minimum absolute atomic E-state index is 0.212. The molecule has 1 aromatic rings. The summed E-state index contributed by atoms with van der Waals surface area (Å²) in [7, 11) is 0. The third-order valence-corrected chi connectivity index (χ3v) is 4.02. The van der Waals surface area contributed by atoms with Crippen LogP contribution in [0.2, 0.25) is 5.02 Å². The van der Waals surface area contributed by atoms with Crippen LogP contribution in [0.3, 0.4) is 0 Å². The molecule has 21 heavy (non-hydrogen) atoms. The highest BCUT2D eigenvalue weighted by Crippen LogP contribution is 2.42. The fraction of sp³-hybridized carbons (Fsp3) is 0.600. The average molecular weight is 310 g/mol. The first-order chi connectivity index (χ1) is 9.76. The third-order valence-electron chi connectivity index (χ3n) is 3.81. The molecule has 0 aliphatic carbocycles. The van der Waals surface area contributed by atoms with Crippen LogP contribution in [0.1, 0.15) is 20.8 Å². The van der Waals surface area contributed by atoms with Gasteiger partial charge < -0.3 is 14.5 Å². The van der Waals surface area contributed by atoms with E-state index in [1.165, 1.54) is 0 Å². The predicted molar refractivity (Wildman–Crippen MR) is 81.7 cm³/mol. The highest BCUT2D eigenvalue weighted by molar-refractivity contribution is 6.30. The van der Waals surface area contributed by atoms with E-state index < -0.39 is 5.60 Å². The third kappa shape index (κ3) is 2.93. The van der Waals surface area contributed by atoms with Gasteiger partial charge >= 0.3 is 6.09 Å². The number of carbonyl (C=O) groups is 1. The van der Waals surface area contributed by atoms with Gasteiger partial charge in [0.2, 0.25) is 0 Å². The number of aromatic nitrogens is 1. The quantitative estimate of drug-likeness (QED) is 0.800. The molecule has 114 valence electrons. The summed E-state index contributed by atoms with van der Waals surface area (Å²) in [5.41, 5.74) is 0.834. The molecule has 1 amide bonds. The Morgan fingerprint density at radius 3 is 2.52 bits per heavy atom. The number of pyridine rings is 1. The van der Waals surface area contributed by atoms with E-state index in [2.05, 4.69) is 9.88 Å². The number of carbonyl (C=O) groups excluding carboxylic acids is 1. The summed E-state index contributed by atoms with van der Waals surface area (Å²) in [6.45, 7) is 9.08. The Morgan fingerprint density at radius 2 is 1.95 bits per heavy atom. The lowest BCUT2D eigenvalue weighted by molar-refractivity contribution is -0.0453. The molecule has 0 atom stereocenters. The fourth-order valence-electron chi connectivity index (χ4n) is 2.94. The monoisotopic (exact) mass is 309 g/mol. The van der Waals surface area contributed by atoms with Crippen molar-refractivity contribution in [3.05, 3.63) is 23.5 Å². The standard InChI is InChI=1S/C15H20ClN3O2/c1-14(2,3)21-13(20)19-9-15(10-19)7-18(8-15)12-4-11(16)5-17-6-12/h4-6H,7-10H2,1-3H3. The van der Waals surface area contributed by atoms with Crippen molar-refractivity contribution >= 4 is 23.4 Å². The molecule has 0 N–H and O–H groups in total. The van der Waals surface area contributed by atoms with Crippen molar-refractivity contribution in [2.45, 2.75) is 26.4 Å². The first-order valence-electron chi connectivity index (χ1n) is 7.10. The molecule has 1 aromatic heterocycles. The summed E-state index contributed by atoms with van der Waals surface area (Å²) < 4.78 is 5.38. The van der Waals surface area contributed by atoms with E-state index in [0.29, 0.717) is 5.02 Å². The molecule has 6 heteroatoms. The lowest BCUT2D eigenvalue weighted by Gasteiger charge is -2.60. The lowest BCUT2D eigenvalue weighted by atomic mass is 9.73. The van der Waals surface area contributed by atoms with E-state index in [-0.39, 0.29) is 11.5 Å². The second kappa shape index (κ2) is 4.77. The SMILES string of the molecule is CC(C)(C)OC(=O)N1CC2(C1)CN(c1cncc(Cl)c1)C2. The van der Waals surface area contributed by atoms with Crippen LogP contribution in [0.25, 0.3) is 0 Å². The maximum absolute atomic E-state index is 11.9. The van der Waals surface area contributed by atoms with Gasteiger partial charge in [0.25, 0.3) is 0 Å². The molecule has 0 bridgehead atoms.